The topological polar surface area (TPSA) is 92.9 Å². The van der Waals surface area contributed by atoms with Crippen molar-refractivity contribution in [3.05, 3.63) is 40.0 Å². The van der Waals surface area contributed by atoms with E-state index in [0.717, 1.165) is 12.8 Å². The predicted octanol–water partition coefficient (Wildman–Crippen LogP) is 1.74. The number of hydrogen-bond donors (Lipinski definition) is 1. The number of aliphatic hydroxyl groups is 1. The first-order valence-corrected chi connectivity index (χ1v) is 6.98. The summed E-state index contributed by atoms with van der Waals surface area (Å²) in [6, 6.07) is 4.69. The predicted molar refractivity (Wildman–Crippen MR) is 81.6 cm³/mol. The largest absolute Gasteiger partial charge is 0.466 e. The molecule has 1 aliphatic heterocycles. The molecule has 0 saturated carbocycles. The molecule has 1 saturated heterocycles. The number of carbonyl (C=O) groups is 1. The maximum Gasteiger partial charge on any atom is 0.330 e. The van der Waals surface area contributed by atoms with Crippen molar-refractivity contribution in [1.29, 1.82) is 0 Å². The summed E-state index contributed by atoms with van der Waals surface area (Å²) in [7, 11) is 1.26. The summed E-state index contributed by atoms with van der Waals surface area (Å²) >= 11 is 0. The maximum atomic E-state index is 11.3. The van der Waals surface area contributed by atoms with Crippen LogP contribution >= 0.6 is 0 Å². The second kappa shape index (κ2) is 7.04. The van der Waals surface area contributed by atoms with Crippen LogP contribution in [-0.4, -0.2) is 42.3 Å². The van der Waals surface area contributed by atoms with Gasteiger partial charge in [0.2, 0.25) is 0 Å². The zero-order valence-electron chi connectivity index (χ0n) is 12.3. The number of nitro benzene ring substituents is 1. The molecule has 1 atom stereocenters. The van der Waals surface area contributed by atoms with Gasteiger partial charge in [-0.05, 0) is 30.5 Å². The average molecular weight is 306 g/mol. The SMILES string of the molecule is COC(=O)/C=C/c1ccc(N2CCC[C@@H]2CO)c([N+](=O)[O-])c1. The number of carbonyl (C=O) groups excluding carboxylic acids is 1. The number of nitrogens with zero attached hydrogens (tertiary/aromatic N) is 2. The molecule has 1 heterocycles. The van der Waals surface area contributed by atoms with Gasteiger partial charge in [-0.1, -0.05) is 6.07 Å². The van der Waals surface area contributed by atoms with Gasteiger partial charge in [0.05, 0.1) is 24.7 Å². The summed E-state index contributed by atoms with van der Waals surface area (Å²) in [5.41, 5.74) is 1.00. The first kappa shape index (κ1) is 16.0. The molecule has 7 heteroatoms. The van der Waals surface area contributed by atoms with Gasteiger partial charge in [-0.25, -0.2) is 4.79 Å². The van der Waals surface area contributed by atoms with Crippen molar-refractivity contribution in [2.24, 2.45) is 0 Å². The normalized spacial score (nSPS) is 17.9. The van der Waals surface area contributed by atoms with Gasteiger partial charge in [0.1, 0.15) is 5.69 Å². The maximum absolute atomic E-state index is 11.3. The lowest BCUT2D eigenvalue weighted by molar-refractivity contribution is -0.384. The number of ether oxygens (including phenoxy) is 1. The molecule has 0 aromatic heterocycles. The van der Waals surface area contributed by atoms with Crippen molar-refractivity contribution in [2.45, 2.75) is 18.9 Å². The molecule has 22 heavy (non-hydrogen) atoms. The third-order valence-electron chi connectivity index (χ3n) is 3.71. The Kier molecular flexibility index (Phi) is 5.11. The van der Waals surface area contributed by atoms with Crippen molar-refractivity contribution in [3.63, 3.8) is 0 Å². The van der Waals surface area contributed by atoms with E-state index in [1.807, 2.05) is 4.90 Å². The van der Waals surface area contributed by atoms with Crippen LogP contribution in [0.3, 0.4) is 0 Å². The Bertz CT molecular complexity index is 600. The third kappa shape index (κ3) is 3.43. The standard InChI is InChI=1S/C15H18N2O5/c1-22-15(19)7-5-11-4-6-13(14(9-11)17(20)21)16-8-2-3-12(16)10-18/h4-7,9,12,18H,2-3,8,10H2,1H3/b7-5+/t12-/m1/s1. The highest BCUT2D eigenvalue weighted by atomic mass is 16.6. The average Bonchev–Trinajstić information content (AvgIpc) is 3.00. The molecule has 0 unspecified atom stereocenters. The molecule has 7 nitrogen and oxygen atoms in total. The number of benzene rings is 1. The van der Waals surface area contributed by atoms with Crippen LogP contribution in [0.4, 0.5) is 11.4 Å². The third-order valence-corrected chi connectivity index (χ3v) is 3.71. The monoisotopic (exact) mass is 306 g/mol. The van der Waals surface area contributed by atoms with Crippen molar-refractivity contribution in [2.75, 3.05) is 25.2 Å². The van der Waals surface area contributed by atoms with Gasteiger partial charge >= 0.3 is 5.97 Å². The van der Waals surface area contributed by atoms with E-state index in [1.165, 1.54) is 25.3 Å². The smallest absolute Gasteiger partial charge is 0.330 e. The van der Waals surface area contributed by atoms with Gasteiger partial charge in [0.15, 0.2) is 0 Å². The van der Waals surface area contributed by atoms with Gasteiger partial charge in [-0.2, -0.15) is 0 Å². The summed E-state index contributed by atoms with van der Waals surface area (Å²) in [5, 5.41) is 20.7. The zero-order valence-corrected chi connectivity index (χ0v) is 12.3. The lowest BCUT2D eigenvalue weighted by Gasteiger charge is -2.25. The quantitative estimate of drug-likeness (QED) is 0.385. The Balaban J connectivity index is 2.34. The fourth-order valence-electron chi connectivity index (χ4n) is 2.61. The van der Waals surface area contributed by atoms with Crippen LogP contribution in [0, 0.1) is 10.1 Å². The molecule has 0 radical (unpaired) electrons. The number of esters is 1. The fraction of sp³-hybridized carbons (Fsp3) is 0.400. The van der Waals surface area contributed by atoms with Gasteiger partial charge in [-0.15, -0.1) is 0 Å². The second-order valence-electron chi connectivity index (χ2n) is 5.03. The molecule has 1 fully saturated rings. The minimum Gasteiger partial charge on any atom is -0.466 e. The molecule has 2 rings (SSSR count). The molecule has 0 bridgehead atoms. The van der Waals surface area contributed by atoms with E-state index in [1.54, 1.807) is 12.1 Å². The Labute approximate surface area is 128 Å². The van der Waals surface area contributed by atoms with Crippen LogP contribution in [0.15, 0.2) is 24.3 Å². The Morgan fingerprint density at radius 3 is 3.00 bits per heavy atom. The Hall–Kier alpha value is -2.41. The molecule has 1 aromatic rings. The van der Waals surface area contributed by atoms with Crippen LogP contribution in [0.1, 0.15) is 18.4 Å². The summed E-state index contributed by atoms with van der Waals surface area (Å²) in [6.07, 6.45) is 4.39. The molecular formula is C15H18N2O5. The fourth-order valence-corrected chi connectivity index (χ4v) is 2.61. The highest BCUT2D eigenvalue weighted by Crippen LogP contribution is 2.34. The molecule has 1 N–H and O–H groups in total. The molecule has 1 aromatic carbocycles. The molecule has 0 amide bonds. The van der Waals surface area contributed by atoms with E-state index in [4.69, 9.17) is 0 Å². The summed E-state index contributed by atoms with van der Waals surface area (Å²) in [6.45, 7) is 0.657. The lowest BCUT2D eigenvalue weighted by Crippen LogP contribution is -2.32. The van der Waals surface area contributed by atoms with Gasteiger partial charge in [-0.3, -0.25) is 10.1 Å². The highest BCUT2D eigenvalue weighted by Gasteiger charge is 2.29. The van der Waals surface area contributed by atoms with E-state index in [-0.39, 0.29) is 18.3 Å². The second-order valence-corrected chi connectivity index (χ2v) is 5.03. The van der Waals surface area contributed by atoms with Crippen LogP contribution in [0.25, 0.3) is 6.08 Å². The number of rotatable bonds is 5. The molecule has 118 valence electrons. The number of hydrogen-bond acceptors (Lipinski definition) is 6. The van der Waals surface area contributed by atoms with E-state index in [9.17, 15) is 20.0 Å². The number of aliphatic hydroxyl groups excluding tert-OH is 1. The van der Waals surface area contributed by atoms with Crippen molar-refractivity contribution in [1.82, 2.24) is 0 Å². The number of anilines is 1. The first-order chi connectivity index (χ1) is 10.6. The first-order valence-electron chi connectivity index (χ1n) is 6.98. The van der Waals surface area contributed by atoms with Gasteiger partial charge in [0, 0.05) is 18.7 Å². The molecule has 0 spiro atoms. The van der Waals surface area contributed by atoms with Crippen molar-refractivity contribution >= 4 is 23.4 Å². The molecular weight excluding hydrogens is 288 g/mol. The van der Waals surface area contributed by atoms with E-state index in [0.29, 0.717) is 17.8 Å². The molecule has 1 aliphatic rings. The summed E-state index contributed by atoms with van der Waals surface area (Å²) < 4.78 is 4.49. The van der Waals surface area contributed by atoms with Gasteiger partial charge in [0.25, 0.3) is 5.69 Å². The minimum atomic E-state index is -0.522. The van der Waals surface area contributed by atoms with Crippen LogP contribution in [0.5, 0.6) is 0 Å². The summed E-state index contributed by atoms with van der Waals surface area (Å²) in [5.74, 6) is -0.522. The van der Waals surface area contributed by atoms with Gasteiger partial charge < -0.3 is 14.7 Å². The van der Waals surface area contributed by atoms with Crippen molar-refractivity contribution < 1.29 is 19.6 Å². The van der Waals surface area contributed by atoms with E-state index >= 15 is 0 Å². The Morgan fingerprint density at radius 2 is 2.36 bits per heavy atom. The van der Waals surface area contributed by atoms with Crippen LogP contribution < -0.4 is 4.90 Å². The van der Waals surface area contributed by atoms with E-state index < -0.39 is 10.9 Å². The zero-order chi connectivity index (χ0) is 16.1. The lowest BCUT2D eigenvalue weighted by atomic mass is 10.1. The van der Waals surface area contributed by atoms with Crippen molar-refractivity contribution in [3.8, 4) is 0 Å². The minimum absolute atomic E-state index is 0.0266. The number of methoxy groups -OCH3 is 1. The Morgan fingerprint density at radius 1 is 1.59 bits per heavy atom. The van der Waals surface area contributed by atoms with Crippen LogP contribution in [-0.2, 0) is 9.53 Å². The highest BCUT2D eigenvalue weighted by molar-refractivity contribution is 5.87. The molecule has 0 aliphatic carbocycles. The van der Waals surface area contributed by atoms with E-state index in [2.05, 4.69) is 4.74 Å². The van der Waals surface area contributed by atoms with Crippen LogP contribution in [0.2, 0.25) is 0 Å². The number of nitro groups is 1. The summed E-state index contributed by atoms with van der Waals surface area (Å²) in [4.78, 5) is 23.8.